The van der Waals surface area contributed by atoms with E-state index in [0.29, 0.717) is 23.8 Å². The van der Waals surface area contributed by atoms with Crippen molar-refractivity contribution in [1.82, 2.24) is 0 Å². The van der Waals surface area contributed by atoms with E-state index in [-0.39, 0.29) is 5.97 Å². The van der Waals surface area contributed by atoms with Crippen LogP contribution in [-0.4, -0.2) is 17.2 Å². The zero-order valence-corrected chi connectivity index (χ0v) is 15.6. The topological polar surface area (TPSA) is 35.5 Å². The predicted molar refractivity (Wildman–Crippen MR) is 95.7 cm³/mol. The van der Waals surface area contributed by atoms with E-state index in [1.165, 1.54) is 37.7 Å². The second-order valence-electron chi connectivity index (χ2n) is 8.12. The molecule has 3 rings (SSSR count). The van der Waals surface area contributed by atoms with Gasteiger partial charge >= 0.3 is 5.97 Å². The number of rotatable bonds is 4. The van der Waals surface area contributed by atoms with Crippen LogP contribution in [0.3, 0.4) is 0 Å². The molecule has 0 N–H and O–H groups in total. The normalized spacial score (nSPS) is 20.5. The van der Waals surface area contributed by atoms with Crippen molar-refractivity contribution in [1.29, 1.82) is 0 Å². The molecule has 2 saturated carbocycles. The third-order valence-corrected chi connectivity index (χ3v) is 5.04. The van der Waals surface area contributed by atoms with Crippen LogP contribution in [0, 0.1) is 0 Å². The minimum atomic E-state index is -0.818. The zero-order chi connectivity index (χ0) is 17.4. The minimum Gasteiger partial charge on any atom is -0.475 e. The highest BCUT2D eigenvalue weighted by atomic mass is 35.5. The largest absolute Gasteiger partial charge is 0.475 e. The van der Waals surface area contributed by atoms with Crippen molar-refractivity contribution >= 4 is 17.6 Å². The Morgan fingerprint density at radius 3 is 2.42 bits per heavy atom. The average molecular weight is 351 g/mol. The van der Waals surface area contributed by atoms with Gasteiger partial charge in [0.2, 0.25) is 5.60 Å². The highest BCUT2D eigenvalue weighted by Gasteiger charge is 2.55. The van der Waals surface area contributed by atoms with Crippen LogP contribution in [0.1, 0.15) is 77.2 Å². The smallest absolute Gasteiger partial charge is 0.351 e. The summed E-state index contributed by atoms with van der Waals surface area (Å²) in [4.78, 5) is 12.5. The van der Waals surface area contributed by atoms with Gasteiger partial charge in [-0.25, -0.2) is 4.79 Å². The summed E-state index contributed by atoms with van der Waals surface area (Å²) in [5.41, 5.74) is -0.133. The summed E-state index contributed by atoms with van der Waals surface area (Å²) < 4.78 is 11.8. The molecule has 132 valence electrons. The number of hydrogen-bond acceptors (Lipinski definition) is 3. The van der Waals surface area contributed by atoms with Gasteiger partial charge in [0.1, 0.15) is 11.4 Å². The maximum atomic E-state index is 12.5. The molecule has 0 saturated heterocycles. The number of hydrogen-bond donors (Lipinski definition) is 0. The van der Waals surface area contributed by atoms with Crippen LogP contribution in [-0.2, 0) is 9.53 Å². The number of halogens is 1. The summed E-state index contributed by atoms with van der Waals surface area (Å²) in [7, 11) is 0. The van der Waals surface area contributed by atoms with Crippen LogP contribution in [0.5, 0.6) is 5.75 Å². The Kier molecular flexibility index (Phi) is 4.83. The second kappa shape index (κ2) is 6.59. The van der Waals surface area contributed by atoms with Gasteiger partial charge in [-0.05, 0) is 57.2 Å². The van der Waals surface area contributed by atoms with E-state index in [1.807, 2.05) is 32.9 Å². The molecule has 3 nitrogen and oxygen atoms in total. The second-order valence-corrected chi connectivity index (χ2v) is 8.55. The number of carbonyl (C=O) groups is 1. The van der Waals surface area contributed by atoms with Crippen molar-refractivity contribution in [3.05, 3.63) is 28.8 Å². The quantitative estimate of drug-likeness (QED) is 0.659. The van der Waals surface area contributed by atoms with Crippen LogP contribution in [0.4, 0.5) is 0 Å². The predicted octanol–water partition coefficient (Wildman–Crippen LogP) is 5.64. The van der Waals surface area contributed by atoms with E-state index in [1.54, 1.807) is 0 Å². The fraction of sp³-hybridized carbons (Fsp3) is 0.650. The fourth-order valence-electron chi connectivity index (χ4n) is 3.39. The number of ether oxygens (including phenoxy) is 2. The van der Waals surface area contributed by atoms with Gasteiger partial charge in [-0.2, -0.15) is 0 Å². The summed E-state index contributed by atoms with van der Waals surface area (Å²) in [6.07, 6.45) is 7.59. The molecule has 0 unspecified atom stereocenters. The zero-order valence-electron chi connectivity index (χ0n) is 14.9. The first-order valence-electron chi connectivity index (χ1n) is 9.01. The molecule has 2 aliphatic rings. The minimum absolute atomic E-state index is 0.260. The highest BCUT2D eigenvalue weighted by molar-refractivity contribution is 6.30. The third kappa shape index (κ3) is 4.05. The van der Waals surface area contributed by atoms with E-state index in [4.69, 9.17) is 21.1 Å². The molecular weight excluding hydrogens is 324 g/mol. The summed E-state index contributed by atoms with van der Waals surface area (Å²) >= 11 is 6.19. The number of carbonyl (C=O) groups excluding carboxylic acids is 1. The van der Waals surface area contributed by atoms with Crippen molar-refractivity contribution in [3.63, 3.8) is 0 Å². The van der Waals surface area contributed by atoms with Crippen molar-refractivity contribution in [2.45, 2.75) is 82.8 Å². The third-order valence-electron chi connectivity index (χ3n) is 4.80. The molecule has 0 spiro atoms. The SMILES string of the molecule is CC(C)(C)OC(=O)C1(Oc2cc(Cl)ccc2C2CCCCC2)CC1. The monoisotopic (exact) mass is 350 g/mol. The van der Waals surface area contributed by atoms with Crippen molar-refractivity contribution in [2.24, 2.45) is 0 Å². The van der Waals surface area contributed by atoms with E-state index in [0.717, 1.165) is 5.75 Å². The van der Waals surface area contributed by atoms with Crippen molar-refractivity contribution in [2.75, 3.05) is 0 Å². The van der Waals surface area contributed by atoms with Crippen LogP contribution in [0.25, 0.3) is 0 Å². The summed E-state index contributed by atoms with van der Waals surface area (Å²) in [5, 5.41) is 0.643. The van der Waals surface area contributed by atoms with Crippen LogP contribution in [0.2, 0.25) is 5.02 Å². The van der Waals surface area contributed by atoms with Crippen LogP contribution >= 0.6 is 11.6 Å². The Morgan fingerprint density at radius 2 is 1.83 bits per heavy atom. The van der Waals surface area contributed by atoms with Gasteiger partial charge in [-0.3, -0.25) is 0 Å². The van der Waals surface area contributed by atoms with Gasteiger partial charge in [0.25, 0.3) is 0 Å². The molecule has 0 atom stereocenters. The van der Waals surface area contributed by atoms with Gasteiger partial charge in [-0.1, -0.05) is 36.9 Å². The van der Waals surface area contributed by atoms with Gasteiger partial charge in [0.05, 0.1) is 0 Å². The Balaban J connectivity index is 1.81. The van der Waals surface area contributed by atoms with Gasteiger partial charge in [0, 0.05) is 17.9 Å². The fourth-order valence-corrected chi connectivity index (χ4v) is 3.55. The van der Waals surface area contributed by atoms with E-state index in [9.17, 15) is 4.79 Å². The Labute approximate surface area is 149 Å². The first-order valence-corrected chi connectivity index (χ1v) is 9.39. The van der Waals surface area contributed by atoms with Gasteiger partial charge in [0.15, 0.2) is 0 Å². The number of benzene rings is 1. The summed E-state index contributed by atoms with van der Waals surface area (Å²) in [6.45, 7) is 5.65. The van der Waals surface area contributed by atoms with E-state index >= 15 is 0 Å². The molecule has 2 aliphatic carbocycles. The summed E-state index contributed by atoms with van der Waals surface area (Å²) in [5.74, 6) is 1.00. The van der Waals surface area contributed by atoms with Gasteiger partial charge < -0.3 is 9.47 Å². The van der Waals surface area contributed by atoms with Crippen molar-refractivity contribution < 1.29 is 14.3 Å². The van der Waals surface area contributed by atoms with Crippen molar-refractivity contribution in [3.8, 4) is 5.75 Å². The van der Waals surface area contributed by atoms with Crippen LogP contribution < -0.4 is 4.74 Å². The molecule has 0 aliphatic heterocycles. The lowest BCUT2D eigenvalue weighted by molar-refractivity contribution is -0.165. The molecule has 0 bridgehead atoms. The lowest BCUT2D eigenvalue weighted by Crippen LogP contribution is -2.37. The molecule has 24 heavy (non-hydrogen) atoms. The van der Waals surface area contributed by atoms with Crippen LogP contribution in [0.15, 0.2) is 18.2 Å². The first kappa shape index (κ1) is 17.6. The molecule has 0 aromatic heterocycles. The summed E-state index contributed by atoms with van der Waals surface area (Å²) in [6, 6.07) is 5.85. The standard InChI is InChI=1S/C20H27ClO3/c1-19(2,3)24-18(22)20(11-12-20)23-17-13-15(21)9-10-16(17)14-7-5-4-6-8-14/h9-10,13-14H,4-8,11-12H2,1-3H3. The molecule has 1 aromatic carbocycles. The Hall–Kier alpha value is -1.22. The Bertz CT molecular complexity index is 608. The lowest BCUT2D eigenvalue weighted by Gasteiger charge is -2.28. The maximum Gasteiger partial charge on any atom is 0.351 e. The lowest BCUT2D eigenvalue weighted by atomic mass is 9.83. The Morgan fingerprint density at radius 1 is 1.17 bits per heavy atom. The van der Waals surface area contributed by atoms with Gasteiger partial charge in [-0.15, -0.1) is 0 Å². The molecule has 4 heteroatoms. The molecule has 0 heterocycles. The molecule has 0 amide bonds. The van der Waals surface area contributed by atoms with E-state index in [2.05, 4.69) is 6.07 Å². The number of esters is 1. The molecule has 1 aromatic rings. The molecule has 2 fully saturated rings. The maximum absolute atomic E-state index is 12.5. The highest BCUT2D eigenvalue weighted by Crippen LogP contribution is 2.46. The first-order chi connectivity index (χ1) is 11.3. The van der Waals surface area contributed by atoms with E-state index < -0.39 is 11.2 Å². The molecular formula is C20H27ClO3. The average Bonchev–Trinajstić information content (AvgIpc) is 3.27. The molecule has 0 radical (unpaired) electrons.